The summed E-state index contributed by atoms with van der Waals surface area (Å²) in [4.78, 5) is 15.5. The van der Waals surface area contributed by atoms with Gasteiger partial charge in [-0.3, -0.25) is 9.78 Å². The summed E-state index contributed by atoms with van der Waals surface area (Å²) in [5.41, 5.74) is 2.74. The number of benzene rings is 1. The summed E-state index contributed by atoms with van der Waals surface area (Å²) in [6, 6.07) is 7.61. The zero-order chi connectivity index (χ0) is 10.1. The number of pyridine rings is 1. The average Bonchev–Trinajstić information content (AvgIpc) is 2.18. The molecule has 0 radical (unpaired) electrons. The Morgan fingerprint density at radius 1 is 1.29 bits per heavy atom. The SMILES string of the molecule is CC(=O)c1ccc2ncccc2c1C. The number of ketones is 1. The molecular weight excluding hydrogens is 174 g/mol. The fourth-order valence-electron chi connectivity index (χ4n) is 1.68. The first-order valence-corrected chi connectivity index (χ1v) is 4.55. The van der Waals surface area contributed by atoms with Gasteiger partial charge in [-0.2, -0.15) is 0 Å². The van der Waals surface area contributed by atoms with E-state index < -0.39 is 0 Å². The molecule has 2 heteroatoms. The maximum absolute atomic E-state index is 11.3. The highest BCUT2D eigenvalue weighted by Gasteiger charge is 2.06. The molecule has 0 aliphatic heterocycles. The van der Waals surface area contributed by atoms with E-state index >= 15 is 0 Å². The molecule has 0 aliphatic carbocycles. The molecule has 2 aromatic rings. The minimum atomic E-state index is 0.105. The Balaban J connectivity index is 2.81. The van der Waals surface area contributed by atoms with E-state index in [1.807, 2.05) is 31.2 Å². The molecule has 1 heterocycles. The Bertz CT molecular complexity index is 503. The number of hydrogen-bond donors (Lipinski definition) is 0. The molecule has 0 aliphatic rings. The first-order valence-electron chi connectivity index (χ1n) is 4.55. The van der Waals surface area contributed by atoms with Crippen LogP contribution >= 0.6 is 0 Å². The molecule has 0 bridgehead atoms. The minimum Gasteiger partial charge on any atom is -0.295 e. The van der Waals surface area contributed by atoms with Crippen LogP contribution in [-0.4, -0.2) is 10.8 Å². The molecule has 14 heavy (non-hydrogen) atoms. The van der Waals surface area contributed by atoms with Gasteiger partial charge in [-0.25, -0.2) is 0 Å². The van der Waals surface area contributed by atoms with Crippen molar-refractivity contribution in [2.75, 3.05) is 0 Å². The molecule has 0 unspecified atom stereocenters. The monoisotopic (exact) mass is 185 g/mol. The summed E-state index contributed by atoms with van der Waals surface area (Å²) in [5.74, 6) is 0.105. The third-order valence-electron chi connectivity index (χ3n) is 2.43. The van der Waals surface area contributed by atoms with Gasteiger partial charge in [0, 0.05) is 17.1 Å². The van der Waals surface area contributed by atoms with Crippen LogP contribution in [0.2, 0.25) is 0 Å². The van der Waals surface area contributed by atoms with E-state index in [-0.39, 0.29) is 5.78 Å². The molecule has 0 fully saturated rings. The lowest BCUT2D eigenvalue weighted by atomic mass is 10.0. The summed E-state index contributed by atoms with van der Waals surface area (Å²) < 4.78 is 0. The molecule has 2 nitrogen and oxygen atoms in total. The van der Waals surface area contributed by atoms with Gasteiger partial charge in [-0.05, 0) is 37.6 Å². The van der Waals surface area contributed by atoms with Gasteiger partial charge in [0.15, 0.2) is 5.78 Å². The van der Waals surface area contributed by atoms with Crippen molar-refractivity contribution in [3.05, 3.63) is 41.6 Å². The number of carbonyl (C=O) groups is 1. The van der Waals surface area contributed by atoms with E-state index in [9.17, 15) is 4.79 Å². The Hall–Kier alpha value is -1.70. The number of rotatable bonds is 1. The van der Waals surface area contributed by atoms with E-state index in [1.54, 1.807) is 13.1 Å². The zero-order valence-electron chi connectivity index (χ0n) is 8.24. The first kappa shape index (κ1) is 8.88. The van der Waals surface area contributed by atoms with Gasteiger partial charge in [-0.15, -0.1) is 0 Å². The predicted molar refractivity (Wildman–Crippen MR) is 56.5 cm³/mol. The summed E-state index contributed by atoms with van der Waals surface area (Å²) in [5, 5.41) is 1.06. The van der Waals surface area contributed by atoms with Gasteiger partial charge in [0.25, 0.3) is 0 Å². The van der Waals surface area contributed by atoms with Crippen LogP contribution in [0.25, 0.3) is 10.9 Å². The quantitative estimate of drug-likeness (QED) is 0.639. The highest BCUT2D eigenvalue weighted by Crippen LogP contribution is 2.19. The third-order valence-corrected chi connectivity index (χ3v) is 2.43. The van der Waals surface area contributed by atoms with Gasteiger partial charge in [-0.1, -0.05) is 6.07 Å². The number of aromatic nitrogens is 1. The number of aryl methyl sites for hydroxylation is 1. The van der Waals surface area contributed by atoms with E-state index in [1.165, 1.54) is 0 Å². The van der Waals surface area contributed by atoms with Crippen LogP contribution in [0, 0.1) is 6.92 Å². The summed E-state index contributed by atoms with van der Waals surface area (Å²) in [6.45, 7) is 3.55. The second kappa shape index (κ2) is 3.22. The Morgan fingerprint density at radius 2 is 2.07 bits per heavy atom. The van der Waals surface area contributed by atoms with Gasteiger partial charge in [0.2, 0.25) is 0 Å². The number of Topliss-reactive ketones (excluding diaryl/α,β-unsaturated/α-hetero) is 1. The van der Waals surface area contributed by atoms with Crippen LogP contribution in [0.1, 0.15) is 22.8 Å². The van der Waals surface area contributed by atoms with Crippen molar-refractivity contribution >= 4 is 16.7 Å². The van der Waals surface area contributed by atoms with Crippen LogP contribution in [-0.2, 0) is 0 Å². The molecule has 1 aromatic carbocycles. The lowest BCUT2D eigenvalue weighted by Gasteiger charge is -2.05. The van der Waals surface area contributed by atoms with Crippen molar-refractivity contribution in [1.29, 1.82) is 0 Å². The number of carbonyl (C=O) groups excluding carboxylic acids is 1. The highest BCUT2D eigenvalue weighted by molar-refractivity contribution is 6.00. The summed E-state index contributed by atoms with van der Waals surface area (Å²) in [7, 11) is 0. The van der Waals surface area contributed by atoms with E-state index in [0.717, 1.165) is 22.0 Å². The van der Waals surface area contributed by atoms with Crippen LogP contribution in [0.15, 0.2) is 30.5 Å². The van der Waals surface area contributed by atoms with Crippen LogP contribution in [0.3, 0.4) is 0 Å². The zero-order valence-corrected chi connectivity index (χ0v) is 8.24. The van der Waals surface area contributed by atoms with Crippen molar-refractivity contribution in [2.24, 2.45) is 0 Å². The Morgan fingerprint density at radius 3 is 2.79 bits per heavy atom. The fourth-order valence-corrected chi connectivity index (χ4v) is 1.68. The van der Waals surface area contributed by atoms with Crippen molar-refractivity contribution in [1.82, 2.24) is 4.98 Å². The van der Waals surface area contributed by atoms with E-state index in [4.69, 9.17) is 0 Å². The van der Waals surface area contributed by atoms with E-state index in [0.29, 0.717) is 0 Å². The average molecular weight is 185 g/mol. The molecule has 0 N–H and O–H groups in total. The van der Waals surface area contributed by atoms with Crippen LogP contribution in [0.4, 0.5) is 0 Å². The number of fused-ring (bicyclic) bond motifs is 1. The first-order chi connectivity index (χ1) is 6.70. The molecular formula is C12H11NO. The lowest BCUT2D eigenvalue weighted by molar-refractivity contribution is 0.101. The molecule has 0 saturated carbocycles. The van der Waals surface area contributed by atoms with Crippen molar-refractivity contribution in [3.63, 3.8) is 0 Å². The van der Waals surface area contributed by atoms with Crippen molar-refractivity contribution in [3.8, 4) is 0 Å². The normalized spacial score (nSPS) is 10.4. The van der Waals surface area contributed by atoms with Crippen molar-refractivity contribution in [2.45, 2.75) is 13.8 Å². The standard InChI is InChI=1S/C12H11NO/c1-8-10(9(2)14)5-6-12-11(8)4-3-7-13-12/h3-7H,1-2H3. The topological polar surface area (TPSA) is 30.0 Å². The van der Waals surface area contributed by atoms with Gasteiger partial charge >= 0.3 is 0 Å². The molecule has 0 amide bonds. The molecule has 1 aromatic heterocycles. The smallest absolute Gasteiger partial charge is 0.160 e. The van der Waals surface area contributed by atoms with E-state index in [2.05, 4.69) is 4.98 Å². The Labute approximate surface area is 82.6 Å². The highest BCUT2D eigenvalue weighted by atomic mass is 16.1. The lowest BCUT2D eigenvalue weighted by Crippen LogP contribution is -1.96. The maximum atomic E-state index is 11.3. The molecule has 70 valence electrons. The molecule has 0 spiro atoms. The Kier molecular flexibility index (Phi) is 2.04. The van der Waals surface area contributed by atoms with Gasteiger partial charge < -0.3 is 0 Å². The fraction of sp³-hybridized carbons (Fsp3) is 0.167. The molecule has 2 rings (SSSR count). The predicted octanol–water partition coefficient (Wildman–Crippen LogP) is 2.75. The van der Waals surface area contributed by atoms with Crippen LogP contribution in [0.5, 0.6) is 0 Å². The second-order valence-electron chi connectivity index (χ2n) is 3.36. The number of hydrogen-bond acceptors (Lipinski definition) is 2. The maximum Gasteiger partial charge on any atom is 0.160 e. The summed E-state index contributed by atoms with van der Waals surface area (Å²) in [6.07, 6.45) is 1.76. The van der Waals surface area contributed by atoms with Gasteiger partial charge in [0.1, 0.15) is 0 Å². The van der Waals surface area contributed by atoms with Crippen LogP contribution < -0.4 is 0 Å². The van der Waals surface area contributed by atoms with Crippen molar-refractivity contribution < 1.29 is 4.79 Å². The second-order valence-corrected chi connectivity index (χ2v) is 3.36. The van der Waals surface area contributed by atoms with Gasteiger partial charge in [0.05, 0.1) is 5.52 Å². The number of nitrogens with zero attached hydrogens (tertiary/aromatic N) is 1. The largest absolute Gasteiger partial charge is 0.295 e. The third kappa shape index (κ3) is 1.29. The molecule has 0 saturated heterocycles. The molecule has 0 atom stereocenters. The summed E-state index contributed by atoms with van der Waals surface area (Å²) >= 11 is 0. The minimum absolute atomic E-state index is 0.105.